The van der Waals surface area contributed by atoms with E-state index in [1.807, 2.05) is 11.8 Å². The molecule has 2 atom stereocenters. The summed E-state index contributed by atoms with van der Waals surface area (Å²) in [6, 6.07) is 6.82. The number of benzene rings is 1. The number of aromatic nitrogens is 1. The molecule has 2 N–H and O–H groups in total. The maximum absolute atomic E-state index is 13.5. The van der Waals surface area contributed by atoms with Gasteiger partial charge in [-0.05, 0) is 43.2 Å². The Balaban J connectivity index is 1.87. The highest BCUT2D eigenvalue weighted by Gasteiger charge is 2.33. The lowest BCUT2D eigenvalue weighted by Crippen LogP contribution is -2.25. The minimum absolute atomic E-state index is 0.0843. The zero-order valence-corrected chi connectivity index (χ0v) is 12.7. The number of pyridine rings is 1. The van der Waals surface area contributed by atoms with E-state index in [9.17, 15) is 19.0 Å². The molecule has 0 spiro atoms. The average molecular weight is 320 g/mol. The molecule has 23 heavy (non-hydrogen) atoms. The van der Waals surface area contributed by atoms with Crippen molar-refractivity contribution in [3.05, 3.63) is 58.9 Å². The Morgan fingerprint density at radius 3 is 2.74 bits per heavy atom. The number of rotatable bonds is 3. The largest absolute Gasteiger partial charge is 0.506 e. The van der Waals surface area contributed by atoms with Crippen LogP contribution in [0.25, 0.3) is 0 Å². The molecule has 6 heteroatoms. The van der Waals surface area contributed by atoms with Gasteiger partial charge in [0.1, 0.15) is 5.75 Å². The summed E-state index contributed by atoms with van der Waals surface area (Å²) in [6.45, 7) is 2.54. The van der Waals surface area contributed by atoms with Crippen molar-refractivity contribution in [2.75, 3.05) is 6.54 Å². The Hall–Kier alpha value is -2.05. The number of β-amino-alcohol motifs (C(OH)–C–C–N with tert-alkyl or cyclic N) is 1. The van der Waals surface area contributed by atoms with E-state index in [2.05, 4.69) is 4.98 Å². The second-order valence-electron chi connectivity index (χ2n) is 5.93. The lowest BCUT2D eigenvalue weighted by Gasteiger charge is -2.24. The molecule has 1 saturated heterocycles. The quantitative estimate of drug-likeness (QED) is 0.913. The van der Waals surface area contributed by atoms with Crippen LogP contribution >= 0.6 is 0 Å². The first-order valence-electron chi connectivity index (χ1n) is 7.46. The summed E-state index contributed by atoms with van der Waals surface area (Å²) in [5.74, 6) is -1.71. The molecule has 0 saturated carbocycles. The first kappa shape index (κ1) is 15.8. The van der Waals surface area contributed by atoms with Gasteiger partial charge in [0.2, 0.25) is 0 Å². The lowest BCUT2D eigenvalue weighted by molar-refractivity contribution is 0.171. The van der Waals surface area contributed by atoms with Gasteiger partial charge in [0, 0.05) is 24.8 Å². The molecule has 2 unspecified atom stereocenters. The van der Waals surface area contributed by atoms with Crippen molar-refractivity contribution in [3.8, 4) is 5.75 Å². The molecule has 1 fully saturated rings. The van der Waals surface area contributed by atoms with Crippen molar-refractivity contribution in [1.82, 2.24) is 9.88 Å². The summed E-state index contributed by atoms with van der Waals surface area (Å²) >= 11 is 0. The summed E-state index contributed by atoms with van der Waals surface area (Å²) in [5.41, 5.74) is 1.89. The zero-order chi connectivity index (χ0) is 16.6. The fourth-order valence-corrected chi connectivity index (χ4v) is 3.03. The Morgan fingerprint density at radius 2 is 2.00 bits per heavy atom. The molecule has 0 bridgehead atoms. The highest BCUT2D eigenvalue weighted by atomic mass is 19.2. The third-order valence-electron chi connectivity index (χ3n) is 4.15. The van der Waals surface area contributed by atoms with Crippen LogP contribution in [0.5, 0.6) is 5.75 Å². The van der Waals surface area contributed by atoms with E-state index in [-0.39, 0.29) is 11.8 Å². The number of halogens is 2. The Labute approximate surface area is 133 Å². The normalized spacial score (nSPS) is 21.7. The summed E-state index contributed by atoms with van der Waals surface area (Å²) in [4.78, 5) is 6.23. The van der Waals surface area contributed by atoms with E-state index in [0.717, 1.165) is 17.8 Å². The highest BCUT2D eigenvalue weighted by Crippen LogP contribution is 2.34. The molecule has 2 heterocycles. The molecule has 0 radical (unpaired) electrons. The van der Waals surface area contributed by atoms with E-state index >= 15 is 0 Å². The number of aromatic hydroxyl groups is 1. The van der Waals surface area contributed by atoms with Crippen molar-refractivity contribution in [2.45, 2.75) is 32.0 Å². The smallest absolute Gasteiger partial charge is 0.159 e. The molecular formula is C17H18F2N2O2. The Bertz CT molecular complexity index is 724. The second kappa shape index (κ2) is 6.22. The van der Waals surface area contributed by atoms with Crippen LogP contribution in [0.3, 0.4) is 0 Å². The number of likely N-dealkylation sites (tertiary alicyclic amines) is 1. The van der Waals surface area contributed by atoms with Crippen molar-refractivity contribution in [3.63, 3.8) is 0 Å². The molecule has 122 valence electrons. The summed E-state index contributed by atoms with van der Waals surface area (Å²) in [5, 5.41) is 19.9. The fourth-order valence-electron chi connectivity index (χ4n) is 3.03. The molecular weight excluding hydrogens is 302 g/mol. The standard InChI is InChI=1S/C17H18F2N2O2/c1-10-2-5-17(23)15(20-10)9-21-8-12(22)7-16(21)11-3-4-13(18)14(19)6-11/h2-6,12,16,22-23H,7-9H2,1H3. The zero-order valence-electron chi connectivity index (χ0n) is 12.7. The van der Waals surface area contributed by atoms with Gasteiger partial charge >= 0.3 is 0 Å². The Morgan fingerprint density at radius 1 is 1.22 bits per heavy atom. The molecule has 2 aromatic rings. The van der Waals surface area contributed by atoms with E-state index in [4.69, 9.17) is 0 Å². The van der Waals surface area contributed by atoms with Gasteiger partial charge in [-0.1, -0.05) is 6.07 Å². The van der Waals surface area contributed by atoms with Gasteiger partial charge in [-0.25, -0.2) is 8.78 Å². The van der Waals surface area contributed by atoms with Crippen LogP contribution in [0.1, 0.15) is 29.4 Å². The van der Waals surface area contributed by atoms with Crippen LogP contribution in [-0.4, -0.2) is 32.7 Å². The van der Waals surface area contributed by atoms with Gasteiger partial charge in [0.15, 0.2) is 11.6 Å². The van der Waals surface area contributed by atoms with Gasteiger partial charge in [0.25, 0.3) is 0 Å². The van der Waals surface area contributed by atoms with Crippen molar-refractivity contribution < 1.29 is 19.0 Å². The van der Waals surface area contributed by atoms with E-state index in [1.165, 1.54) is 6.07 Å². The van der Waals surface area contributed by atoms with Crippen molar-refractivity contribution in [2.24, 2.45) is 0 Å². The third kappa shape index (κ3) is 3.33. The molecule has 4 nitrogen and oxygen atoms in total. The molecule has 1 aromatic carbocycles. The number of aliphatic hydroxyl groups excluding tert-OH is 1. The van der Waals surface area contributed by atoms with Gasteiger partial charge in [-0.15, -0.1) is 0 Å². The monoisotopic (exact) mass is 320 g/mol. The topological polar surface area (TPSA) is 56.6 Å². The van der Waals surface area contributed by atoms with Gasteiger partial charge < -0.3 is 10.2 Å². The number of nitrogens with zero attached hydrogens (tertiary/aromatic N) is 2. The van der Waals surface area contributed by atoms with Gasteiger partial charge in [-0.2, -0.15) is 0 Å². The van der Waals surface area contributed by atoms with Crippen molar-refractivity contribution >= 4 is 0 Å². The summed E-state index contributed by atoms with van der Waals surface area (Å²) in [6.07, 6.45) is -0.127. The predicted octanol–water partition coefficient (Wildman–Crippen LogP) is 2.68. The van der Waals surface area contributed by atoms with Crippen LogP contribution in [0.2, 0.25) is 0 Å². The number of hydrogen-bond acceptors (Lipinski definition) is 4. The highest BCUT2D eigenvalue weighted by molar-refractivity contribution is 5.29. The first-order valence-corrected chi connectivity index (χ1v) is 7.46. The van der Waals surface area contributed by atoms with Crippen LogP contribution in [0.4, 0.5) is 8.78 Å². The molecule has 3 rings (SSSR count). The number of aliphatic hydroxyl groups is 1. The number of aryl methyl sites for hydroxylation is 1. The molecule has 0 amide bonds. The summed E-state index contributed by atoms with van der Waals surface area (Å²) < 4.78 is 26.6. The molecule has 0 aliphatic carbocycles. The van der Waals surface area contributed by atoms with Crippen LogP contribution in [-0.2, 0) is 6.54 Å². The van der Waals surface area contributed by atoms with Crippen LogP contribution in [0, 0.1) is 18.6 Å². The maximum Gasteiger partial charge on any atom is 0.159 e. The van der Waals surface area contributed by atoms with E-state index in [0.29, 0.717) is 30.8 Å². The maximum atomic E-state index is 13.5. The Kier molecular flexibility index (Phi) is 4.28. The molecule has 1 aliphatic rings. The van der Waals surface area contributed by atoms with Gasteiger partial charge in [0.05, 0.1) is 11.8 Å². The fraction of sp³-hybridized carbons (Fsp3) is 0.353. The van der Waals surface area contributed by atoms with E-state index in [1.54, 1.807) is 12.1 Å². The average Bonchev–Trinajstić information content (AvgIpc) is 2.86. The minimum Gasteiger partial charge on any atom is -0.506 e. The molecule has 1 aliphatic heterocycles. The number of hydrogen-bond donors (Lipinski definition) is 2. The van der Waals surface area contributed by atoms with Crippen LogP contribution < -0.4 is 0 Å². The SMILES string of the molecule is Cc1ccc(O)c(CN2CC(O)CC2c2ccc(F)c(F)c2)n1. The lowest BCUT2D eigenvalue weighted by atomic mass is 10.0. The van der Waals surface area contributed by atoms with Crippen LogP contribution in [0.15, 0.2) is 30.3 Å². The van der Waals surface area contributed by atoms with E-state index < -0.39 is 17.7 Å². The minimum atomic E-state index is -0.902. The predicted molar refractivity (Wildman–Crippen MR) is 80.8 cm³/mol. The first-order chi connectivity index (χ1) is 10.9. The molecule has 1 aromatic heterocycles. The van der Waals surface area contributed by atoms with Crippen molar-refractivity contribution in [1.29, 1.82) is 0 Å². The van der Waals surface area contributed by atoms with Gasteiger partial charge in [-0.3, -0.25) is 9.88 Å². The third-order valence-corrected chi connectivity index (χ3v) is 4.15. The second-order valence-corrected chi connectivity index (χ2v) is 5.93. The summed E-state index contributed by atoms with van der Waals surface area (Å²) in [7, 11) is 0.